The van der Waals surface area contributed by atoms with Crippen LogP contribution in [-0.4, -0.2) is 48.0 Å². The summed E-state index contributed by atoms with van der Waals surface area (Å²) in [6.45, 7) is 4.37. The van der Waals surface area contributed by atoms with Gasteiger partial charge < -0.3 is 20.1 Å². The monoisotopic (exact) mass is 263 g/mol. The topological polar surface area (TPSA) is 84.8 Å². The molecule has 3 rings (SSSR count). The fourth-order valence-corrected chi connectivity index (χ4v) is 2.46. The standard InChI is InChI=1S/C13H17N3O3/c14-13-12-9(1-2-16-3-5-18-6-4-16)7-10(17)8-11(12)19-15-13/h7-8,17H,1-6H2,(H2,14,15). The van der Waals surface area contributed by atoms with Crippen molar-refractivity contribution in [3.05, 3.63) is 17.7 Å². The van der Waals surface area contributed by atoms with Gasteiger partial charge in [-0.25, -0.2) is 0 Å². The van der Waals surface area contributed by atoms with Gasteiger partial charge in [-0.3, -0.25) is 4.90 Å². The van der Waals surface area contributed by atoms with Crippen molar-refractivity contribution < 1.29 is 14.4 Å². The molecule has 6 heteroatoms. The molecule has 102 valence electrons. The molecule has 2 heterocycles. The average molecular weight is 263 g/mol. The molecule has 1 aliphatic rings. The number of nitrogens with zero attached hydrogens (tertiary/aromatic N) is 2. The van der Waals surface area contributed by atoms with Crippen molar-refractivity contribution >= 4 is 16.8 Å². The van der Waals surface area contributed by atoms with E-state index in [9.17, 15) is 5.11 Å². The number of nitrogen functional groups attached to an aromatic ring is 1. The number of rotatable bonds is 3. The molecule has 0 radical (unpaired) electrons. The summed E-state index contributed by atoms with van der Waals surface area (Å²) in [5.41, 5.74) is 7.32. The minimum atomic E-state index is 0.181. The second-order valence-electron chi connectivity index (χ2n) is 4.75. The first-order valence-corrected chi connectivity index (χ1v) is 6.41. The number of anilines is 1. The van der Waals surface area contributed by atoms with Gasteiger partial charge in [-0.15, -0.1) is 0 Å². The number of fused-ring (bicyclic) bond motifs is 1. The van der Waals surface area contributed by atoms with Crippen LogP contribution in [0.2, 0.25) is 0 Å². The third kappa shape index (κ3) is 2.50. The molecule has 3 N–H and O–H groups in total. The molecule has 6 nitrogen and oxygen atoms in total. The zero-order valence-corrected chi connectivity index (χ0v) is 10.6. The number of phenols is 1. The van der Waals surface area contributed by atoms with Crippen LogP contribution in [0.5, 0.6) is 5.75 Å². The first kappa shape index (κ1) is 12.3. The average Bonchev–Trinajstić information content (AvgIpc) is 2.79. The van der Waals surface area contributed by atoms with E-state index < -0.39 is 0 Å². The third-order valence-corrected chi connectivity index (χ3v) is 3.47. The Labute approximate surface area is 110 Å². The maximum absolute atomic E-state index is 9.70. The van der Waals surface area contributed by atoms with Gasteiger partial charge in [0.25, 0.3) is 0 Å². The highest BCUT2D eigenvalue weighted by Gasteiger charge is 2.15. The van der Waals surface area contributed by atoms with Crippen molar-refractivity contribution in [2.75, 3.05) is 38.6 Å². The number of aromatic nitrogens is 1. The fraction of sp³-hybridized carbons (Fsp3) is 0.462. The first-order chi connectivity index (χ1) is 9.24. The molecule has 1 saturated heterocycles. The molecule has 1 aliphatic heterocycles. The third-order valence-electron chi connectivity index (χ3n) is 3.47. The summed E-state index contributed by atoms with van der Waals surface area (Å²) < 4.78 is 10.4. The van der Waals surface area contributed by atoms with Gasteiger partial charge in [-0.05, 0) is 18.1 Å². The van der Waals surface area contributed by atoms with Crippen LogP contribution in [0, 0.1) is 0 Å². The molecule has 1 aromatic carbocycles. The molecule has 0 bridgehead atoms. The van der Waals surface area contributed by atoms with Crippen molar-refractivity contribution in [2.45, 2.75) is 6.42 Å². The largest absolute Gasteiger partial charge is 0.508 e. The van der Waals surface area contributed by atoms with E-state index >= 15 is 0 Å². The maximum Gasteiger partial charge on any atom is 0.175 e. The molecule has 0 atom stereocenters. The summed E-state index contributed by atoms with van der Waals surface area (Å²) in [5.74, 6) is 0.563. The van der Waals surface area contributed by atoms with E-state index in [0.29, 0.717) is 11.4 Å². The number of hydrogen-bond donors (Lipinski definition) is 2. The molecule has 0 spiro atoms. The van der Waals surface area contributed by atoms with Gasteiger partial charge in [-0.2, -0.15) is 0 Å². The number of benzene rings is 1. The van der Waals surface area contributed by atoms with Crippen LogP contribution in [0.25, 0.3) is 11.0 Å². The van der Waals surface area contributed by atoms with Gasteiger partial charge in [0.15, 0.2) is 11.4 Å². The molecule has 0 unspecified atom stereocenters. The minimum Gasteiger partial charge on any atom is -0.508 e. The van der Waals surface area contributed by atoms with Gasteiger partial charge in [0.05, 0.1) is 18.6 Å². The summed E-state index contributed by atoms with van der Waals surface area (Å²) in [5, 5.41) is 14.3. The Balaban J connectivity index is 1.81. The van der Waals surface area contributed by atoms with Gasteiger partial charge in [0, 0.05) is 25.7 Å². The van der Waals surface area contributed by atoms with Crippen molar-refractivity contribution in [2.24, 2.45) is 0 Å². The number of ether oxygens (including phenoxy) is 1. The van der Waals surface area contributed by atoms with Crippen LogP contribution in [0.15, 0.2) is 16.7 Å². The van der Waals surface area contributed by atoms with E-state index in [4.69, 9.17) is 15.0 Å². The molecule has 0 aliphatic carbocycles. The van der Waals surface area contributed by atoms with E-state index in [-0.39, 0.29) is 5.75 Å². The second kappa shape index (κ2) is 5.07. The first-order valence-electron chi connectivity index (χ1n) is 6.41. The van der Waals surface area contributed by atoms with Crippen LogP contribution in [-0.2, 0) is 11.2 Å². The summed E-state index contributed by atoms with van der Waals surface area (Å²) in [7, 11) is 0. The van der Waals surface area contributed by atoms with E-state index in [1.807, 2.05) is 0 Å². The van der Waals surface area contributed by atoms with E-state index in [1.165, 1.54) is 6.07 Å². The van der Waals surface area contributed by atoms with Crippen molar-refractivity contribution in [1.82, 2.24) is 10.1 Å². The van der Waals surface area contributed by atoms with Crippen molar-refractivity contribution in [3.8, 4) is 5.75 Å². The minimum absolute atomic E-state index is 0.181. The molecular formula is C13H17N3O3. The number of phenolic OH excluding ortho intramolecular Hbond substituents is 1. The van der Waals surface area contributed by atoms with Crippen LogP contribution in [0.1, 0.15) is 5.56 Å². The Bertz CT molecular complexity index is 576. The van der Waals surface area contributed by atoms with Crippen LogP contribution in [0.4, 0.5) is 5.82 Å². The summed E-state index contributed by atoms with van der Waals surface area (Å²) >= 11 is 0. The molecule has 19 heavy (non-hydrogen) atoms. The highest BCUT2D eigenvalue weighted by Crippen LogP contribution is 2.29. The lowest BCUT2D eigenvalue weighted by Crippen LogP contribution is -2.37. The van der Waals surface area contributed by atoms with Crippen molar-refractivity contribution in [3.63, 3.8) is 0 Å². The predicted molar refractivity (Wildman–Crippen MR) is 71.0 cm³/mol. The lowest BCUT2D eigenvalue weighted by Gasteiger charge is -2.26. The number of morpholine rings is 1. The Hall–Kier alpha value is -1.79. The fourth-order valence-electron chi connectivity index (χ4n) is 2.46. The Morgan fingerprint density at radius 3 is 2.89 bits per heavy atom. The Kier molecular flexibility index (Phi) is 3.27. The lowest BCUT2D eigenvalue weighted by atomic mass is 10.1. The highest BCUT2D eigenvalue weighted by atomic mass is 16.5. The molecule has 1 aromatic heterocycles. The summed E-state index contributed by atoms with van der Waals surface area (Å²) in [6.07, 6.45) is 0.802. The molecule has 1 fully saturated rings. The summed E-state index contributed by atoms with van der Waals surface area (Å²) in [6, 6.07) is 3.27. The maximum atomic E-state index is 9.70. The normalized spacial score (nSPS) is 17.1. The van der Waals surface area contributed by atoms with E-state index in [2.05, 4.69) is 10.1 Å². The predicted octanol–water partition coefficient (Wildman–Crippen LogP) is 0.990. The zero-order chi connectivity index (χ0) is 13.2. The van der Waals surface area contributed by atoms with E-state index in [0.717, 1.165) is 50.2 Å². The quantitative estimate of drug-likeness (QED) is 0.859. The van der Waals surface area contributed by atoms with Gasteiger partial charge in [-0.1, -0.05) is 5.16 Å². The summed E-state index contributed by atoms with van der Waals surface area (Å²) in [4.78, 5) is 2.34. The Morgan fingerprint density at radius 1 is 1.32 bits per heavy atom. The molecule has 0 amide bonds. The lowest BCUT2D eigenvalue weighted by molar-refractivity contribution is 0.0385. The highest BCUT2D eigenvalue weighted by molar-refractivity contribution is 5.91. The smallest absolute Gasteiger partial charge is 0.175 e. The van der Waals surface area contributed by atoms with Crippen LogP contribution >= 0.6 is 0 Å². The Morgan fingerprint density at radius 2 is 2.11 bits per heavy atom. The zero-order valence-electron chi connectivity index (χ0n) is 10.6. The number of hydrogen-bond acceptors (Lipinski definition) is 6. The van der Waals surface area contributed by atoms with Gasteiger partial charge in [0.1, 0.15) is 5.75 Å². The van der Waals surface area contributed by atoms with Crippen LogP contribution < -0.4 is 5.73 Å². The number of nitrogens with two attached hydrogens (primary N) is 1. The van der Waals surface area contributed by atoms with E-state index in [1.54, 1.807) is 6.07 Å². The van der Waals surface area contributed by atoms with Gasteiger partial charge in [0.2, 0.25) is 0 Å². The number of aromatic hydroxyl groups is 1. The van der Waals surface area contributed by atoms with Crippen LogP contribution in [0.3, 0.4) is 0 Å². The second-order valence-corrected chi connectivity index (χ2v) is 4.75. The SMILES string of the molecule is Nc1noc2cc(O)cc(CCN3CCOCC3)c12. The van der Waals surface area contributed by atoms with Gasteiger partial charge >= 0.3 is 0 Å². The molecule has 0 saturated carbocycles. The van der Waals surface area contributed by atoms with Crippen molar-refractivity contribution in [1.29, 1.82) is 0 Å². The molecule has 2 aromatic rings. The molecular weight excluding hydrogens is 246 g/mol.